The van der Waals surface area contributed by atoms with Gasteiger partial charge < -0.3 is 5.32 Å². The summed E-state index contributed by atoms with van der Waals surface area (Å²) in [7, 11) is 0. The van der Waals surface area contributed by atoms with Crippen molar-refractivity contribution in [3.63, 3.8) is 0 Å². The minimum atomic E-state index is 0.000531. The Bertz CT molecular complexity index is 383. The molecule has 98 valence electrons. The third-order valence-electron chi connectivity index (χ3n) is 3.43. The zero-order valence-electron chi connectivity index (χ0n) is 10.5. The van der Waals surface area contributed by atoms with Crippen LogP contribution in [0, 0.1) is 0 Å². The minimum absolute atomic E-state index is 0.000531. The number of rotatable bonds is 2. The van der Waals surface area contributed by atoms with Crippen LogP contribution in [0.2, 0.25) is 0 Å². The Morgan fingerprint density at radius 2 is 1.83 bits per heavy atom. The largest absolute Gasteiger partial charge is 0.349 e. The second kappa shape index (κ2) is 6.88. The van der Waals surface area contributed by atoms with Gasteiger partial charge in [0.25, 0.3) is 5.91 Å². The van der Waals surface area contributed by atoms with E-state index in [-0.39, 0.29) is 5.91 Å². The molecule has 1 heterocycles. The molecule has 0 spiro atoms. The van der Waals surface area contributed by atoms with Gasteiger partial charge in [-0.2, -0.15) is 0 Å². The van der Waals surface area contributed by atoms with Crippen LogP contribution in [0.3, 0.4) is 0 Å². The molecule has 2 rings (SSSR count). The molecule has 1 aliphatic carbocycles. The van der Waals surface area contributed by atoms with E-state index >= 15 is 0 Å². The van der Waals surface area contributed by atoms with Gasteiger partial charge in [-0.3, -0.25) is 4.79 Å². The average molecular weight is 311 g/mol. The summed E-state index contributed by atoms with van der Waals surface area (Å²) in [5.74, 6) is 0.000531. The highest BCUT2D eigenvalue weighted by Gasteiger charge is 2.15. The van der Waals surface area contributed by atoms with Crippen LogP contribution in [0.5, 0.6) is 0 Å². The van der Waals surface area contributed by atoms with Gasteiger partial charge in [-0.25, -0.2) is 4.98 Å². The molecule has 0 atom stereocenters. The third kappa shape index (κ3) is 4.09. The number of amides is 1. The lowest BCUT2D eigenvalue weighted by Crippen LogP contribution is -2.35. The maximum atomic E-state index is 12.1. The molecule has 1 fully saturated rings. The van der Waals surface area contributed by atoms with Crippen molar-refractivity contribution in [2.24, 2.45) is 0 Å². The molecular formula is C14H19BrN2O. The number of aromatic nitrogens is 1. The number of halogens is 1. The lowest BCUT2D eigenvalue weighted by Gasteiger charge is -2.20. The molecule has 0 bridgehead atoms. The molecule has 3 nitrogen and oxygen atoms in total. The molecule has 1 N–H and O–H groups in total. The first-order valence-corrected chi connectivity index (χ1v) is 7.47. The summed E-state index contributed by atoms with van der Waals surface area (Å²) in [5.41, 5.74) is 0.639. The normalized spacial score (nSPS) is 17.8. The van der Waals surface area contributed by atoms with Gasteiger partial charge in [0.05, 0.1) is 5.56 Å². The summed E-state index contributed by atoms with van der Waals surface area (Å²) < 4.78 is 0.755. The van der Waals surface area contributed by atoms with E-state index in [9.17, 15) is 4.79 Å². The molecule has 1 aromatic heterocycles. The Morgan fingerprint density at radius 1 is 1.17 bits per heavy atom. The third-order valence-corrected chi connectivity index (χ3v) is 3.90. The quantitative estimate of drug-likeness (QED) is 0.847. The summed E-state index contributed by atoms with van der Waals surface area (Å²) in [6.45, 7) is 0. The highest BCUT2D eigenvalue weighted by atomic mass is 79.9. The van der Waals surface area contributed by atoms with E-state index in [2.05, 4.69) is 26.2 Å². The first kappa shape index (κ1) is 13.5. The van der Waals surface area contributed by atoms with Crippen molar-refractivity contribution in [1.82, 2.24) is 10.3 Å². The Kier molecular flexibility index (Phi) is 5.17. The molecular weight excluding hydrogens is 292 g/mol. The van der Waals surface area contributed by atoms with Crippen LogP contribution in [-0.4, -0.2) is 16.9 Å². The summed E-state index contributed by atoms with van der Waals surface area (Å²) in [4.78, 5) is 16.1. The van der Waals surface area contributed by atoms with Crippen LogP contribution in [0.4, 0.5) is 0 Å². The van der Waals surface area contributed by atoms with Gasteiger partial charge in [0.1, 0.15) is 4.60 Å². The standard InChI is InChI=1S/C14H19BrN2O/c15-13-9-8-11(10-16-13)14(18)17-12-6-4-2-1-3-5-7-12/h8-10,12H,1-7H2,(H,17,18). The molecule has 18 heavy (non-hydrogen) atoms. The number of carbonyl (C=O) groups excluding carboxylic acids is 1. The van der Waals surface area contributed by atoms with E-state index in [0.29, 0.717) is 11.6 Å². The molecule has 0 radical (unpaired) electrons. The zero-order chi connectivity index (χ0) is 12.8. The molecule has 0 saturated heterocycles. The Morgan fingerprint density at radius 3 is 2.44 bits per heavy atom. The van der Waals surface area contributed by atoms with Crippen LogP contribution >= 0.6 is 15.9 Å². The molecule has 1 amide bonds. The summed E-state index contributed by atoms with van der Waals surface area (Å²) in [5, 5.41) is 3.13. The molecule has 1 saturated carbocycles. The van der Waals surface area contributed by atoms with Crippen molar-refractivity contribution in [1.29, 1.82) is 0 Å². The van der Waals surface area contributed by atoms with Gasteiger partial charge in [0.2, 0.25) is 0 Å². The number of hydrogen-bond acceptors (Lipinski definition) is 2. The second-order valence-electron chi connectivity index (χ2n) is 4.89. The predicted molar refractivity (Wildman–Crippen MR) is 75.5 cm³/mol. The molecule has 1 aliphatic rings. The average Bonchev–Trinajstić information content (AvgIpc) is 2.33. The van der Waals surface area contributed by atoms with Crippen LogP contribution in [0.1, 0.15) is 55.3 Å². The maximum absolute atomic E-state index is 12.1. The van der Waals surface area contributed by atoms with Crippen molar-refractivity contribution >= 4 is 21.8 Å². The summed E-state index contributed by atoms with van der Waals surface area (Å²) in [6.07, 6.45) is 10.2. The van der Waals surface area contributed by atoms with E-state index in [4.69, 9.17) is 0 Å². The maximum Gasteiger partial charge on any atom is 0.253 e. The smallest absolute Gasteiger partial charge is 0.253 e. The summed E-state index contributed by atoms with van der Waals surface area (Å²) >= 11 is 3.27. The molecule has 0 unspecified atom stereocenters. The lowest BCUT2D eigenvalue weighted by molar-refractivity contribution is 0.0930. The van der Waals surface area contributed by atoms with Gasteiger partial charge in [-0.1, -0.05) is 32.1 Å². The van der Waals surface area contributed by atoms with Crippen molar-refractivity contribution in [2.45, 2.75) is 51.0 Å². The molecule has 1 aromatic rings. The zero-order valence-corrected chi connectivity index (χ0v) is 12.1. The van der Waals surface area contributed by atoms with Crippen LogP contribution in [0.25, 0.3) is 0 Å². The van der Waals surface area contributed by atoms with E-state index in [0.717, 1.165) is 17.4 Å². The van der Waals surface area contributed by atoms with Gasteiger partial charge in [-0.05, 0) is 40.9 Å². The molecule has 0 aliphatic heterocycles. The van der Waals surface area contributed by atoms with Gasteiger partial charge in [0.15, 0.2) is 0 Å². The highest BCUT2D eigenvalue weighted by molar-refractivity contribution is 9.10. The topological polar surface area (TPSA) is 42.0 Å². The molecule has 0 aromatic carbocycles. The first-order valence-electron chi connectivity index (χ1n) is 6.68. The number of nitrogens with one attached hydrogen (secondary N) is 1. The monoisotopic (exact) mass is 310 g/mol. The fourth-order valence-corrected chi connectivity index (χ4v) is 2.61. The van der Waals surface area contributed by atoms with Crippen molar-refractivity contribution in [3.05, 3.63) is 28.5 Å². The van der Waals surface area contributed by atoms with Crippen molar-refractivity contribution in [2.75, 3.05) is 0 Å². The van der Waals surface area contributed by atoms with Crippen LogP contribution in [-0.2, 0) is 0 Å². The Hall–Kier alpha value is -0.900. The van der Waals surface area contributed by atoms with Gasteiger partial charge >= 0.3 is 0 Å². The van der Waals surface area contributed by atoms with Crippen LogP contribution in [0.15, 0.2) is 22.9 Å². The number of hydrogen-bond donors (Lipinski definition) is 1. The van der Waals surface area contributed by atoms with E-state index in [1.54, 1.807) is 18.3 Å². The number of pyridine rings is 1. The van der Waals surface area contributed by atoms with E-state index in [1.807, 2.05) is 0 Å². The summed E-state index contributed by atoms with van der Waals surface area (Å²) in [6, 6.07) is 3.93. The number of nitrogens with zero attached hydrogens (tertiary/aromatic N) is 1. The highest BCUT2D eigenvalue weighted by Crippen LogP contribution is 2.17. The Balaban J connectivity index is 1.91. The first-order chi connectivity index (χ1) is 8.75. The Labute approximate surface area is 117 Å². The van der Waals surface area contributed by atoms with E-state index < -0.39 is 0 Å². The van der Waals surface area contributed by atoms with E-state index in [1.165, 1.54) is 32.1 Å². The lowest BCUT2D eigenvalue weighted by atomic mass is 9.96. The van der Waals surface area contributed by atoms with Crippen LogP contribution < -0.4 is 5.32 Å². The fraction of sp³-hybridized carbons (Fsp3) is 0.571. The fourth-order valence-electron chi connectivity index (χ4n) is 2.38. The van der Waals surface area contributed by atoms with Gasteiger partial charge in [-0.15, -0.1) is 0 Å². The second-order valence-corrected chi connectivity index (χ2v) is 5.70. The van der Waals surface area contributed by atoms with Gasteiger partial charge in [0, 0.05) is 12.2 Å². The SMILES string of the molecule is O=C(NC1CCCCCCC1)c1ccc(Br)nc1. The number of carbonyl (C=O) groups is 1. The predicted octanol–water partition coefficient (Wildman–Crippen LogP) is 3.69. The van der Waals surface area contributed by atoms with Crippen molar-refractivity contribution in [3.8, 4) is 0 Å². The minimum Gasteiger partial charge on any atom is -0.349 e. The van der Waals surface area contributed by atoms with Crippen molar-refractivity contribution < 1.29 is 4.79 Å². The molecule has 4 heteroatoms.